The Morgan fingerprint density at radius 1 is 1.00 bits per heavy atom. The highest BCUT2D eigenvalue weighted by Crippen LogP contribution is 2.24. The summed E-state index contributed by atoms with van der Waals surface area (Å²) in [6.07, 6.45) is 0. The zero-order valence-corrected chi connectivity index (χ0v) is 11.0. The lowest BCUT2D eigenvalue weighted by atomic mass is 9.97. The summed E-state index contributed by atoms with van der Waals surface area (Å²) in [4.78, 5) is 4.46. The molecule has 90 valence electrons. The van der Waals surface area contributed by atoms with Gasteiger partial charge in [0.25, 0.3) is 0 Å². The standard InChI is InChI=1S/C14H18N2O/c1-9-6-10(2)8-11(7-9)12-15-13(17-16-12)14(3,4)5/h6-8H,1-5H3. The van der Waals surface area contributed by atoms with Gasteiger partial charge in [-0.1, -0.05) is 43.1 Å². The van der Waals surface area contributed by atoms with E-state index in [0.29, 0.717) is 11.7 Å². The Morgan fingerprint density at radius 3 is 2.06 bits per heavy atom. The minimum absolute atomic E-state index is 0.107. The predicted molar refractivity (Wildman–Crippen MR) is 67.9 cm³/mol. The largest absolute Gasteiger partial charge is 0.338 e. The monoisotopic (exact) mass is 230 g/mol. The van der Waals surface area contributed by atoms with Gasteiger partial charge in [-0.25, -0.2) is 0 Å². The molecule has 3 nitrogen and oxygen atoms in total. The van der Waals surface area contributed by atoms with Crippen LogP contribution in [0.15, 0.2) is 22.7 Å². The molecule has 1 aromatic heterocycles. The van der Waals surface area contributed by atoms with Gasteiger partial charge in [0.05, 0.1) is 0 Å². The van der Waals surface area contributed by atoms with Crippen LogP contribution in [0.3, 0.4) is 0 Å². The van der Waals surface area contributed by atoms with Crippen LogP contribution in [0.1, 0.15) is 37.8 Å². The van der Waals surface area contributed by atoms with E-state index in [0.717, 1.165) is 5.56 Å². The average Bonchev–Trinajstić information content (AvgIpc) is 2.63. The van der Waals surface area contributed by atoms with Gasteiger partial charge in [-0.15, -0.1) is 0 Å². The van der Waals surface area contributed by atoms with Crippen molar-refractivity contribution >= 4 is 0 Å². The first kappa shape index (κ1) is 11.8. The zero-order chi connectivity index (χ0) is 12.6. The summed E-state index contributed by atoms with van der Waals surface area (Å²) in [5, 5.41) is 4.05. The maximum absolute atomic E-state index is 5.30. The molecule has 0 aliphatic carbocycles. The summed E-state index contributed by atoms with van der Waals surface area (Å²) in [7, 11) is 0. The van der Waals surface area contributed by atoms with Crippen LogP contribution in [0.4, 0.5) is 0 Å². The van der Waals surface area contributed by atoms with Crippen molar-refractivity contribution in [3.63, 3.8) is 0 Å². The quantitative estimate of drug-likeness (QED) is 0.750. The van der Waals surface area contributed by atoms with Crippen LogP contribution in [-0.2, 0) is 5.41 Å². The number of hydrogen-bond acceptors (Lipinski definition) is 3. The average molecular weight is 230 g/mol. The fraction of sp³-hybridized carbons (Fsp3) is 0.429. The third-order valence-electron chi connectivity index (χ3n) is 2.55. The van der Waals surface area contributed by atoms with Gasteiger partial charge < -0.3 is 4.52 Å². The molecule has 0 bridgehead atoms. The smallest absolute Gasteiger partial charge is 0.232 e. The molecule has 0 radical (unpaired) electrons. The third kappa shape index (κ3) is 2.54. The highest BCUT2D eigenvalue weighted by molar-refractivity contribution is 5.57. The van der Waals surface area contributed by atoms with Crippen LogP contribution >= 0.6 is 0 Å². The predicted octanol–water partition coefficient (Wildman–Crippen LogP) is 3.65. The number of aromatic nitrogens is 2. The van der Waals surface area contributed by atoms with Crippen molar-refractivity contribution in [3.8, 4) is 11.4 Å². The lowest BCUT2D eigenvalue weighted by Gasteiger charge is -2.10. The Labute approximate surface area is 102 Å². The first-order chi connectivity index (χ1) is 7.86. The molecule has 0 spiro atoms. The summed E-state index contributed by atoms with van der Waals surface area (Å²) in [5.41, 5.74) is 3.33. The molecule has 17 heavy (non-hydrogen) atoms. The second kappa shape index (κ2) is 3.99. The summed E-state index contributed by atoms with van der Waals surface area (Å²) >= 11 is 0. The molecule has 2 rings (SSSR count). The molecule has 1 heterocycles. The van der Waals surface area contributed by atoms with Crippen LogP contribution in [0, 0.1) is 13.8 Å². The van der Waals surface area contributed by atoms with E-state index >= 15 is 0 Å². The molecule has 0 saturated heterocycles. The van der Waals surface area contributed by atoms with Crippen LogP contribution in [-0.4, -0.2) is 10.1 Å². The van der Waals surface area contributed by atoms with Crippen molar-refractivity contribution in [1.29, 1.82) is 0 Å². The van der Waals surface area contributed by atoms with E-state index in [1.54, 1.807) is 0 Å². The van der Waals surface area contributed by atoms with Crippen LogP contribution in [0.5, 0.6) is 0 Å². The number of hydrogen-bond donors (Lipinski definition) is 0. The second-order valence-corrected chi connectivity index (χ2v) is 5.55. The van der Waals surface area contributed by atoms with Gasteiger partial charge in [-0.05, 0) is 26.0 Å². The Balaban J connectivity index is 2.44. The molecular formula is C14H18N2O. The number of aryl methyl sites for hydroxylation is 2. The van der Waals surface area contributed by atoms with Crippen LogP contribution < -0.4 is 0 Å². The highest BCUT2D eigenvalue weighted by atomic mass is 16.5. The zero-order valence-electron chi connectivity index (χ0n) is 11.0. The van der Waals surface area contributed by atoms with Crippen LogP contribution in [0.25, 0.3) is 11.4 Å². The Hall–Kier alpha value is -1.64. The minimum atomic E-state index is -0.107. The first-order valence-electron chi connectivity index (χ1n) is 5.79. The molecule has 0 fully saturated rings. The van der Waals surface area contributed by atoms with E-state index in [4.69, 9.17) is 4.52 Å². The summed E-state index contributed by atoms with van der Waals surface area (Å²) in [6, 6.07) is 6.28. The Bertz CT molecular complexity index is 515. The van der Waals surface area contributed by atoms with Crippen molar-refractivity contribution in [2.75, 3.05) is 0 Å². The van der Waals surface area contributed by atoms with Gasteiger partial charge in [0.2, 0.25) is 11.7 Å². The maximum Gasteiger partial charge on any atom is 0.232 e. The number of nitrogens with zero attached hydrogens (tertiary/aromatic N) is 2. The van der Waals surface area contributed by atoms with E-state index in [1.807, 2.05) is 0 Å². The molecule has 0 N–H and O–H groups in total. The maximum atomic E-state index is 5.30. The van der Waals surface area contributed by atoms with Gasteiger partial charge in [0, 0.05) is 11.0 Å². The topological polar surface area (TPSA) is 38.9 Å². The molecule has 0 saturated carbocycles. The fourth-order valence-corrected chi connectivity index (χ4v) is 1.75. The lowest BCUT2D eigenvalue weighted by molar-refractivity contribution is 0.321. The molecule has 2 aromatic rings. The van der Waals surface area contributed by atoms with Gasteiger partial charge in [-0.3, -0.25) is 0 Å². The summed E-state index contributed by atoms with van der Waals surface area (Å²) < 4.78 is 5.30. The molecule has 3 heteroatoms. The van der Waals surface area contributed by atoms with Crippen molar-refractivity contribution < 1.29 is 4.52 Å². The van der Waals surface area contributed by atoms with E-state index in [9.17, 15) is 0 Å². The first-order valence-corrected chi connectivity index (χ1v) is 5.79. The molecule has 1 aromatic carbocycles. The molecular weight excluding hydrogens is 212 g/mol. The normalized spacial score (nSPS) is 11.8. The molecule has 0 atom stereocenters. The van der Waals surface area contributed by atoms with Crippen molar-refractivity contribution in [1.82, 2.24) is 10.1 Å². The summed E-state index contributed by atoms with van der Waals surface area (Å²) in [6.45, 7) is 10.3. The summed E-state index contributed by atoms with van der Waals surface area (Å²) in [5.74, 6) is 1.34. The fourth-order valence-electron chi connectivity index (χ4n) is 1.75. The van der Waals surface area contributed by atoms with Crippen molar-refractivity contribution in [2.24, 2.45) is 0 Å². The van der Waals surface area contributed by atoms with Crippen LogP contribution in [0.2, 0.25) is 0 Å². The highest BCUT2D eigenvalue weighted by Gasteiger charge is 2.22. The van der Waals surface area contributed by atoms with Gasteiger partial charge >= 0.3 is 0 Å². The lowest BCUT2D eigenvalue weighted by Crippen LogP contribution is -2.11. The van der Waals surface area contributed by atoms with Crippen molar-refractivity contribution in [2.45, 2.75) is 40.0 Å². The van der Waals surface area contributed by atoms with E-state index in [-0.39, 0.29) is 5.41 Å². The van der Waals surface area contributed by atoms with E-state index in [1.165, 1.54) is 11.1 Å². The number of rotatable bonds is 1. The Morgan fingerprint density at radius 2 is 1.59 bits per heavy atom. The molecule has 0 aliphatic heterocycles. The molecule has 0 amide bonds. The Kier molecular flexibility index (Phi) is 2.77. The van der Waals surface area contributed by atoms with E-state index < -0.39 is 0 Å². The molecule has 0 aliphatic rings. The SMILES string of the molecule is Cc1cc(C)cc(-c2noc(C(C)(C)C)n2)c1. The van der Waals surface area contributed by atoms with Crippen molar-refractivity contribution in [3.05, 3.63) is 35.2 Å². The molecule has 0 unspecified atom stereocenters. The third-order valence-corrected chi connectivity index (χ3v) is 2.55. The second-order valence-electron chi connectivity index (χ2n) is 5.55. The minimum Gasteiger partial charge on any atom is -0.338 e. The van der Waals surface area contributed by atoms with Gasteiger partial charge in [0.1, 0.15) is 0 Å². The van der Waals surface area contributed by atoms with E-state index in [2.05, 4.69) is 63.0 Å². The van der Waals surface area contributed by atoms with Gasteiger partial charge in [0.15, 0.2) is 0 Å². The number of benzene rings is 1. The van der Waals surface area contributed by atoms with Gasteiger partial charge in [-0.2, -0.15) is 4.98 Å².